The van der Waals surface area contributed by atoms with E-state index in [1.807, 2.05) is 36.4 Å². The third kappa shape index (κ3) is 5.92. The maximum atomic E-state index is 13.5. The Balaban J connectivity index is 1.45. The number of rotatable bonds is 8. The molecule has 1 N–H and O–H groups in total. The molecule has 0 aliphatic carbocycles. The number of sulfonamides is 1. The van der Waals surface area contributed by atoms with Crippen LogP contribution < -0.4 is 10.1 Å². The van der Waals surface area contributed by atoms with Gasteiger partial charge in [0.2, 0.25) is 15.9 Å². The Kier molecular flexibility index (Phi) is 8.02. The zero-order chi connectivity index (χ0) is 25.5. The number of carbonyl (C=O) groups excluding carboxylic acids is 2. The average Bonchev–Trinajstić information content (AvgIpc) is 2.93. The lowest BCUT2D eigenvalue weighted by Crippen LogP contribution is -2.56. The Morgan fingerprint density at radius 3 is 2.03 bits per heavy atom. The SMILES string of the molecule is COc1ccc(S(=O)(=O)N2CCN(C(=O)[C@H](Cc3ccccc3)NC(=O)c3ccccc3)CC2)cc1. The molecule has 3 aromatic rings. The minimum Gasteiger partial charge on any atom is -0.497 e. The maximum Gasteiger partial charge on any atom is 0.251 e. The molecule has 0 bridgehead atoms. The van der Waals surface area contributed by atoms with E-state index in [9.17, 15) is 18.0 Å². The first-order valence-corrected chi connectivity index (χ1v) is 13.2. The quantitative estimate of drug-likeness (QED) is 0.506. The van der Waals surface area contributed by atoms with Gasteiger partial charge in [-0.1, -0.05) is 48.5 Å². The standard InChI is InChI=1S/C27H29N3O5S/c1-35-23-12-14-24(15-13-23)36(33,34)30-18-16-29(17-19-30)27(32)25(20-21-8-4-2-5-9-21)28-26(31)22-10-6-3-7-11-22/h2-15,25H,16-20H2,1H3,(H,28,31)/t25-/m0/s1. The monoisotopic (exact) mass is 507 g/mol. The molecule has 1 fully saturated rings. The fraction of sp³-hybridized carbons (Fsp3) is 0.259. The second kappa shape index (κ2) is 11.4. The second-order valence-corrected chi connectivity index (χ2v) is 10.4. The van der Waals surface area contributed by atoms with Gasteiger partial charge in [-0.25, -0.2) is 8.42 Å². The Labute approximate surface area is 211 Å². The van der Waals surface area contributed by atoms with E-state index >= 15 is 0 Å². The lowest BCUT2D eigenvalue weighted by molar-refractivity contribution is -0.134. The van der Waals surface area contributed by atoms with Crippen LogP contribution in [-0.4, -0.2) is 68.8 Å². The summed E-state index contributed by atoms with van der Waals surface area (Å²) in [5, 5.41) is 2.88. The largest absolute Gasteiger partial charge is 0.497 e. The van der Waals surface area contributed by atoms with Crippen molar-refractivity contribution in [1.29, 1.82) is 0 Å². The van der Waals surface area contributed by atoms with Crippen LogP contribution in [-0.2, 0) is 21.2 Å². The molecular formula is C27H29N3O5S. The van der Waals surface area contributed by atoms with E-state index in [1.54, 1.807) is 41.3 Å². The molecule has 1 atom stereocenters. The highest BCUT2D eigenvalue weighted by molar-refractivity contribution is 7.89. The summed E-state index contributed by atoms with van der Waals surface area (Å²) in [5.74, 6) is 0.0154. The van der Waals surface area contributed by atoms with Crippen LogP contribution in [0.1, 0.15) is 15.9 Å². The van der Waals surface area contributed by atoms with E-state index in [4.69, 9.17) is 4.74 Å². The summed E-state index contributed by atoms with van der Waals surface area (Å²) in [7, 11) is -2.17. The molecule has 0 spiro atoms. The van der Waals surface area contributed by atoms with Crippen molar-refractivity contribution in [3.05, 3.63) is 96.1 Å². The summed E-state index contributed by atoms with van der Waals surface area (Å²) >= 11 is 0. The fourth-order valence-electron chi connectivity index (χ4n) is 4.15. The lowest BCUT2D eigenvalue weighted by Gasteiger charge is -2.36. The summed E-state index contributed by atoms with van der Waals surface area (Å²) in [4.78, 5) is 28.1. The average molecular weight is 508 g/mol. The van der Waals surface area contributed by atoms with E-state index in [1.165, 1.54) is 23.5 Å². The molecule has 2 amide bonds. The molecule has 0 saturated carbocycles. The molecule has 1 aliphatic heterocycles. The molecule has 188 valence electrons. The number of methoxy groups -OCH3 is 1. The predicted octanol–water partition coefficient (Wildman–Crippen LogP) is 2.57. The summed E-state index contributed by atoms with van der Waals surface area (Å²) in [5.41, 5.74) is 1.39. The smallest absolute Gasteiger partial charge is 0.251 e. The minimum absolute atomic E-state index is 0.171. The molecule has 9 heteroatoms. The van der Waals surface area contributed by atoms with Crippen molar-refractivity contribution in [3.8, 4) is 5.75 Å². The molecule has 1 saturated heterocycles. The van der Waals surface area contributed by atoms with Crippen LogP contribution in [0.2, 0.25) is 0 Å². The van der Waals surface area contributed by atoms with Crippen molar-refractivity contribution in [1.82, 2.24) is 14.5 Å². The van der Waals surface area contributed by atoms with E-state index in [0.29, 0.717) is 17.7 Å². The van der Waals surface area contributed by atoms with Crippen LogP contribution in [0.15, 0.2) is 89.8 Å². The summed E-state index contributed by atoms with van der Waals surface area (Å²) in [6, 6.07) is 23.7. The number of hydrogen-bond donors (Lipinski definition) is 1. The van der Waals surface area contributed by atoms with Gasteiger partial charge in [-0.2, -0.15) is 4.31 Å². The molecule has 0 unspecified atom stereocenters. The number of carbonyl (C=O) groups is 2. The molecule has 1 aliphatic rings. The van der Waals surface area contributed by atoms with Crippen LogP contribution in [0.3, 0.4) is 0 Å². The van der Waals surface area contributed by atoms with Crippen LogP contribution in [0.5, 0.6) is 5.75 Å². The Morgan fingerprint density at radius 2 is 1.44 bits per heavy atom. The topological polar surface area (TPSA) is 96.0 Å². The summed E-state index contributed by atoms with van der Waals surface area (Å²) in [6.07, 6.45) is 0.336. The Morgan fingerprint density at radius 1 is 0.861 bits per heavy atom. The highest BCUT2D eigenvalue weighted by Gasteiger charge is 2.33. The van der Waals surface area contributed by atoms with E-state index in [-0.39, 0.29) is 42.9 Å². The molecule has 1 heterocycles. The first-order valence-electron chi connectivity index (χ1n) is 11.7. The molecular weight excluding hydrogens is 478 g/mol. The second-order valence-electron chi connectivity index (χ2n) is 8.49. The first kappa shape index (κ1) is 25.4. The van der Waals surface area contributed by atoms with Crippen LogP contribution in [0, 0.1) is 0 Å². The Hall–Kier alpha value is -3.69. The number of hydrogen-bond acceptors (Lipinski definition) is 5. The van der Waals surface area contributed by atoms with Crippen molar-refractivity contribution in [3.63, 3.8) is 0 Å². The van der Waals surface area contributed by atoms with Crippen molar-refractivity contribution >= 4 is 21.8 Å². The third-order valence-corrected chi connectivity index (χ3v) is 8.08. The normalized spacial score (nSPS) is 15.2. The van der Waals surface area contributed by atoms with Crippen LogP contribution in [0.4, 0.5) is 0 Å². The van der Waals surface area contributed by atoms with Gasteiger partial charge in [0, 0.05) is 38.2 Å². The first-order chi connectivity index (χ1) is 17.4. The molecule has 4 rings (SSSR count). The highest BCUT2D eigenvalue weighted by Crippen LogP contribution is 2.21. The fourth-order valence-corrected chi connectivity index (χ4v) is 5.57. The van der Waals surface area contributed by atoms with Crippen molar-refractivity contribution in [2.75, 3.05) is 33.3 Å². The number of nitrogens with zero attached hydrogens (tertiary/aromatic N) is 2. The van der Waals surface area contributed by atoms with Gasteiger partial charge in [-0.3, -0.25) is 9.59 Å². The Bertz CT molecular complexity index is 1270. The summed E-state index contributed by atoms with van der Waals surface area (Å²) in [6.45, 7) is 0.816. The molecule has 0 aromatic heterocycles. The van der Waals surface area contributed by atoms with Crippen LogP contribution >= 0.6 is 0 Å². The van der Waals surface area contributed by atoms with Crippen molar-refractivity contribution < 1.29 is 22.7 Å². The maximum absolute atomic E-state index is 13.5. The third-order valence-electron chi connectivity index (χ3n) is 6.17. The highest BCUT2D eigenvalue weighted by atomic mass is 32.2. The van der Waals surface area contributed by atoms with E-state index in [0.717, 1.165) is 5.56 Å². The molecule has 0 radical (unpaired) electrons. The zero-order valence-electron chi connectivity index (χ0n) is 20.0. The lowest BCUT2D eigenvalue weighted by atomic mass is 10.0. The van der Waals surface area contributed by atoms with Gasteiger partial charge in [0.25, 0.3) is 5.91 Å². The van der Waals surface area contributed by atoms with Gasteiger partial charge in [0.1, 0.15) is 11.8 Å². The number of benzene rings is 3. The zero-order valence-corrected chi connectivity index (χ0v) is 20.9. The summed E-state index contributed by atoms with van der Waals surface area (Å²) < 4.78 is 32.6. The predicted molar refractivity (Wildman–Crippen MR) is 136 cm³/mol. The van der Waals surface area contributed by atoms with Gasteiger partial charge < -0.3 is 15.0 Å². The van der Waals surface area contributed by atoms with Gasteiger partial charge in [-0.15, -0.1) is 0 Å². The molecule has 8 nitrogen and oxygen atoms in total. The van der Waals surface area contributed by atoms with Gasteiger partial charge in [-0.05, 0) is 42.0 Å². The minimum atomic E-state index is -3.69. The molecule has 3 aromatic carbocycles. The number of piperazine rings is 1. The number of nitrogens with one attached hydrogen (secondary N) is 1. The van der Waals surface area contributed by atoms with Gasteiger partial charge in [0.15, 0.2) is 0 Å². The van der Waals surface area contributed by atoms with E-state index in [2.05, 4.69) is 5.32 Å². The van der Waals surface area contributed by atoms with Gasteiger partial charge >= 0.3 is 0 Å². The number of ether oxygens (including phenoxy) is 1. The van der Waals surface area contributed by atoms with Crippen molar-refractivity contribution in [2.45, 2.75) is 17.4 Å². The van der Waals surface area contributed by atoms with Crippen LogP contribution in [0.25, 0.3) is 0 Å². The van der Waals surface area contributed by atoms with E-state index < -0.39 is 16.1 Å². The molecule has 36 heavy (non-hydrogen) atoms. The van der Waals surface area contributed by atoms with Crippen molar-refractivity contribution in [2.24, 2.45) is 0 Å². The number of amides is 2. The van der Waals surface area contributed by atoms with Gasteiger partial charge in [0.05, 0.1) is 12.0 Å².